The SMILES string of the molecule is C[C@@H](NC(=O)c1ccc(S(=O)(=O)NC2CC2)cc1)c1ccc(Cl)cc1. The van der Waals surface area contributed by atoms with Gasteiger partial charge in [0.15, 0.2) is 0 Å². The van der Waals surface area contributed by atoms with Crippen molar-refractivity contribution >= 4 is 27.5 Å². The fraction of sp³-hybridized carbons (Fsp3) is 0.278. The number of sulfonamides is 1. The van der Waals surface area contributed by atoms with Crippen molar-refractivity contribution in [2.24, 2.45) is 0 Å². The van der Waals surface area contributed by atoms with Crippen molar-refractivity contribution in [1.29, 1.82) is 0 Å². The van der Waals surface area contributed by atoms with E-state index in [1.807, 2.05) is 19.1 Å². The summed E-state index contributed by atoms with van der Waals surface area (Å²) in [6.07, 6.45) is 1.75. The fourth-order valence-electron chi connectivity index (χ4n) is 2.39. The largest absolute Gasteiger partial charge is 0.346 e. The molecule has 25 heavy (non-hydrogen) atoms. The average Bonchev–Trinajstić information content (AvgIpc) is 3.38. The Kier molecular flexibility index (Phi) is 5.13. The van der Waals surface area contributed by atoms with Crippen LogP contribution in [0.4, 0.5) is 0 Å². The van der Waals surface area contributed by atoms with Crippen LogP contribution in [0, 0.1) is 0 Å². The van der Waals surface area contributed by atoms with Crippen LogP contribution < -0.4 is 10.0 Å². The first-order chi connectivity index (χ1) is 11.8. The topological polar surface area (TPSA) is 75.3 Å². The van der Waals surface area contributed by atoms with Crippen LogP contribution in [0.25, 0.3) is 0 Å². The van der Waals surface area contributed by atoms with Gasteiger partial charge in [-0.2, -0.15) is 0 Å². The maximum atomic E-state index is 12.3. The van der Waals surface area contributed by atoms with Gasteiger partial charge < -0.3 is 5.32 Å². The molecule has 2 N–H and O–H groups in total. The molecule has 7 heteroatoms. The van der Waals surface area contributed by atoms with E-state index in [-0.39, 0.29) is 22.9 Å². The molecule has 1 saturated carbocycles. The van der Waals surface area contributed by atoms with Gasteiger partial charge in [-0.25, -0.2) is 13.1 Å². The minimum absolute atomic E-state index is 0.0493. The molecule has 132 valence electrons. The first-order valence-electron chi connectivity index (χ1n) is 8.04. The summed E-state index contributed by atoms with van der Waals surface area (Å²) in [6.45, 7) is 1.87. The highest BCUT2D eigenvalue weighted by Gasteiger charge is 2.28. The molecule has 0 saturated heterocycles. The number of hydrogen-bond donors (Lipinski definition) is 2. The summed E-state index contributed by atoms with van der Waals surface area (Å²) in [7, 11) is -3.50. The van der Waals surface area contributed by atoms with E-state index in [4.69, 9.17) is 11.6 Å². The zero-order chi connectivity index (χ0) is 18.0. The number of rotatable bonds is 6. The van der Waals surface area contributed by atoms with Crippen LogP contribution in [-0.4, -0.2) is 20.4 Å². The second kappa shape index (κ2) is 7.15. The predicted molar refractivity (Wildman–Crippen MR) is 97.1 cm³/mol. The smallest absolute Gasteiger partial charge is 0.251 e. The van der Waals surface area contributed by atoms with E-state index in [1.165, 1.54) is 24.3 Å². The highest BCUT2D eigenvalue weighted by molar-refractivity contribution is 7.89. The van der Waals surface area contributed by atoms with E-state index in [9.17, 15) is 13.2 Å². The summed E-state index contributed by atoms with van der Waals surface area (Å²) in [6, 6.07) is 13.0. The minimum Gasteiger partial charge on any atom is -0.346 e. The summed E-state index contributed by atoms with van der Waals surface area (Å²) >= 11 is 5.86. The van der Waals surface area contributed by atoms with Crippen LogP contribution in [0.5, 0.6) is 0 Å². The Morgan fingerprint density at radius 2 is 1.68 bits per heavy atom. The van der Waals surface area contributed by atoms with Gasteiger partial charge in [-0.1, -0.05) is 23.7 Å². The molecule has 5 nitrogen and oxygen atoms in total. The van der Waals surface area contributed by atoms with Gasteiger partial charge in [-0.05, 0) is 61.7 Å². The number of carbonyl (C=O) groups excluding carboxylic acids is 1. The fourth-order valence-corrected chi connectivity index (χ4v) is 3.82. The van der Waals surface area contributed by atoms with Gasteiger partial charge >= 0.3 is 0 Å². The molecule has 1 aliphatic rings. The summed E-state index contributed by atoms with van der Waals surface area (Å²) in [4.78, 5) is 12.5. The zero-order valence-electron chi connectivity index (χ0n) is 13.7. The molecule has 1 atom stereocenters. The lowest BCUT2D eigenvalue weighted by Gasteiger charge is -2.14. The van der Waals surface area contributed by atoms with Gasteiger partial charge in [0, 0.05) is 16.6 Å². The van der Waals surface area contributed by atoms with Gasteiger partial charge in [0.1, 0.15) is 0 Å². The summed E-state index contributed by atoms with van der Waals surface area (Å²) in [5, 5.41) is 3.52. The van der Waals surface area contributed by atoms with E-state index in [1.54, 1.807) is 12.1 Å². The molecule has 2 aromatic carbocycles. The van der Waals surface area contributed by atoms with Crippen LogP contribution in [0.2, 0.25) is 5.02 Å². The van der Waals surface area contributed by atoms with Crippen molar-refractivity contribution in [3.05, 3.63) is 64.7 Å². The van der Waals surface area contributed by atoms with Crippen LogP contribution in [0.15, 0.2) is 53.4 Å². The van der Waals surface area contributed by atoms with E-state index in [0.717, 1.165) is 18.4 Å². The minimum atomic E-state index is -3.50. The van der Waals surface area contributed by atoms with E-state index < -0.39 is 10.0 Å². The molecule has 2 aromatic rings. The van der Waals surface area contributed by atoms with Crippen LogP contribution in [0.3, 0.4) is 0 Å². The van der Waals surface area contributed by atoms with Crippen LogP contribution >= 0.6 is 11.6 Å². The van der Waals surface area contributed by atoms with Crippen molar-refractivity contribution in [2.45, 2.75) is 36.7 Å². The molecule has 0 radical (unpaired) electrons. The third kappa shape index (κ3) is 4.60. The maximum absolute atomic E-state index is 12.3. The lowest BCUT2D eigenvalue weighted by atomic mass is 10.1. The number of halogens is 1. The highest BCUT2D eigenvalue weighted by Crippen LogP contribution is 2.22. The summed E-state index contributed by atoms with van der Waals surface area (Å²) in [5.74, 6) is -0.262. The van der Waals surface area contributed by atoms with Crippen LogP contribution in [-0.2, 0) is 10.0 Å². The Bertz CT molecular complexity index is 860. The molecule has 0 unspecified atom stereocenters. The summed E-state index contributed by atoms with van der Waals surface area (Å²) in [5.41, 5.74) is 1.34. The number of carbonyl (C=O) groups is 1. The van der Waals surface area contributed by atoms with Crippen LogP contribution in [0.1, 0.15) is 41.7 Å². The van der Waals surface area contributed by atoms with Gasteiger partial charge in [0.05, 0.1) is 10.9 Å². The van der Waals surface area contributed by atoms with Gasteiger partial charge in [-0.15, -0.1) is 0 Å². The third-order valence-corrected chi connectivity index (χ3v) is 5.83. The normalized spacial score (nSPS) is 15.6. The van der Waals surface area contributed by atoms with Gasteiger partial charge in [0.25, 0.3) is 5.91 Å². The van der Waals surface area contributed by atoms with Crippen molar-refractivity contribution in [1.82, 2.24) is 10.0 Å². The van der Waals surface area contributed by atoms with Gasteiger partial charge in [0.2, 0.25) is 10.0 Å². The van der Waals surface area contributed by atoms with Crippen molar-refractivity contribution in [2.75, 3.05) is 0 Å². The predicted octanol–water partition coefficient (Wildman–Crippen LogP) is 3.27. The monoisotopic (exact) mass is 378 g/mol. The molecule has 1 fully saturated rings. The Hall–Kier alpha value is -1.89. The second-order valence-electron chi connectivity index (χ2n) is 6.17. The molecule has 0 bridgehead atoms. The molecule has 1 amide bonds. The molecule has 0 heterocycles. The van der Waals surface area contributed by atoms with Gasteiger partial charge in [-0.3, -0.25) is 4.79 Å². The molecule has 0 aliphatic heterocycles. The molecule has 3 rings (SSSR count). The Morgan fingerprint density at radius 3 is 2.24 bits per heavy atom. The Labute approximate surface area is 152 Å². The third-order valence-electron chi connectivity index (χ3n) is 4.04. The Morgan fingerprint density at radius 1 is 1.08 bits per heavy atom. The quantitative estimate of drug-likeness (QED) is 0.810. The average molecular weight is 379 g/mol. The maximum Gasteiger partial charge on any atom is 0.251 e. The van der Waals surface area contributed by atoms with Crippen molar-refractivity contribution in [3.8, 4) is 0 Å². The molecule has 0 spiro atoms. The number of benzene rings is 2. The van der Waals surface area contributed by atoms with E-state index in [2.05, 4.69) is 10.0 Å². The number of nitrogens with one attached hydrogen (secondary N) is 2. The number of hydrogen-bond acceptors (Lipinski definition) is 3. The molecular weight excluding hydrogens is 360 g/mol. The van der Waals surface area contributed by atoms with E-state index in [0.29, 0.717) is 10.6 Å². The lowest BCUT2D eigenvalue weighted by molar-refractivity contribution is 0.0940. The first kappa shape index (κ1) is 17.9. The highest BCUT2D eigenvalue weighted by atomic mass is 35.5. The van der Waals surface area contributed by atoms with Crippen molar-refractivity contribution in [3.63, 3.8) is 0 Å². The molecule has 1 aliphatic carbocycles. The second-order valence-corrected chi connectivity index (χ2v) is 8.32. The summed E-state index contributed by atoms with van der Waals surface area (Å²) < 4.78 is 26.9. The zero-order valence-corrected chi connectivity index (χ0v) is 15.3. The molecular formula is C18H19ClN2O3S. The first-order valence-corrected chi connectivity index (χ1v) is 9.90. The standard InChI is InChI=1S/C18H19ClN2O3S/c1-12(13-2-6-15(19)7-3-13)20-18(22)14-4-10-17(11-5-14)25(23,24)21-16-8-9-16/h2-7,10-12,16,21H,8-9H2,1H3,(H,20,22)/t12-/m1/s1. The van der Waals surface area contributed by atoms with E-state index >= 15 is 0 Å². The lowest BCUT2D eigenvalue weighted by Crippen LogP contribution is -2.27. The Balaban J connectivity index is 1.67. The van der Waals surface area contributed by atoms with Crippen molar-refractivity contribution < 1.29 is 13.2 Å². The number of amides is 1. The molecule has 0 aromatic heterocycles.